The summed E-state index contributed by atoms with van der Waals surface area (Å²) in [6.45, 7) is 7.05. The van der Waals surface area contributed by atoms with E-state index in [1.54, 1.807) is 0 Å². The van der Waals surface area contributed by atoms with E-state index in [1.165, 1.54) is 12.0 Å². The molecule has 0 bridgehead atoms. The van der Waals surface area contributed by atoms with Gasteiger partial charge in [-0.25, -0.2) is 0 Å². The van der Waals surface area contributed by atoms with Gasteiger partial charge < -0.3 is 10.6 Å². The van der Waals surface area contributed by atoms with Crippen LogP contribution in [0.1, 0.15) is 34.5 Å². The van der Waals surface area contributed by atoms with E-state index in [4.69, 9.17) is 0 Å². The highest BCUT2D eigenvalue weighted by Crippen LogP contribution is 2.17. The maximum atomic E-state index is 12.4. The Balaban J connectivity index is 1.28. The highest BCUT2D eigenvalue weighted by Gasteiger charge is 2.14. The molecule has 1 amide bonds. The van der Waals surface area contributed by atoms with E-state index in [-0.39, 0.29) is 5.91 Å². The third-order valence-corrected chi connectivity index (χ3v) is 5.75. The molecule has 1 aliphatic rings. The van der Waals surface area contributed by atoms with Gasteiger partial charge in [-0.15, -0.1) is 0 Å². The zero-order chi connectivity index (χ0) is 20.9. The molecule has 0 saturated carbocycles. The number of nitrogens with zero attached hydrogens (tertiary/aromatic N) is 2. The summed E-state index contributed by atoms with van der Waals surface area (Å²) in [6.07, 6.45) is 2.76. The summed E-state index contributed by atoms with van der Waals surface area (Å²) in [5.74, 6) is 0.748. The molecule has 30 heavy (non-hydrogen) atoms. The molecule has 2 heterocycles. The van der Waals surface area contributed by atoms with Gasteiger partial charge in [0.1, 0.15) is 0 Å². The third kappa shape index (κ3) is 5.36. The highest BCUT2D eigenvalue weighted by atomic mass is 16.1. The number of rotatable bonds is 7. The number of amides is 1. The van der Waals surface area contributed by atoms with E-state index in [0.717, 1.165) is 60.2 Å². The van der Waals surface area contributed by atoms with Crippen molar-refractivity contribution in [1.29, 1.82) is 0 Å². The lowest BCUT2D eigenvalue weighted by atomic mass is 9.97. The van der Waals surface area contributed by atoms with Crippen LogP contribution in [0.15, 0.2) is 54.6 Å². The van der Waals surface area contributed by atoms with Crippen LogP contribution in [0.25, 0.3) is 0 Å². The van der Waals surface area contributed by atoms with Gasteiger partial charge in [0.05, 0.1) is 18.7 Å². The number of aryl methyl sites for hydroxylation is 2. The minimum atomic E-state index is 0.00837. The fourth-order valence-corrected chi connectivity index (χ4v) is 4.11. The van der Waals surface area contributed by atoms with Crippen molar-refractivity contribution < 1.29 is 4.79 Å². The molecule has 1 saturated heterocycles. The molecule has 4 rings (SSSR count). The monoisotopic (exact) mass is 402 g/mol. The predicted octanol–water partition coefficient (Wildman–Crippen LogP) is 3.88. The van der Waals surface area contributed by atoms with E-state index < -0.39 is 0 Å². The quantitative estimate of drug-likeness (QED) is 0.631. The predicted molar refractivity (Wildman–Crippen MR) is 121 cm³/mol. The molecule has 2 N–H and O–H groups in total. The fourth-order valence-electron chi connectivity index (χ4n) is 4.11. The van der Waals surface area contributed by atoms with Crippen molar-refractivity contribution in [2.24, 2.45) is 5.92 Å². The Labute approximate surface area is 178 Å². The van der Waals surface area contributed by atoms with Crippen LogP contribution in [0.2, 0.25) is 0 Å². The summed E-state index contributed by atoms with van der Waals surface area (Å²) >= 11 is 0. The van der Waals surface area contributed by atoms with Gasteiger partial charge >= 0.3 is 0 Å². The molecule has 1 aromatic heterocycles. The first-order valence-corrected chi connectivity index (χ1v) is 10.7. The number of hydrogen-bond donors (Lipinski definition) is 2. The van der Waals surface area contributed by atoms with Crippen molar-refractivity contribution in [3.8, 4) is 0 Å². The number of carbonyl (C=O) groups excluding carboxylic acids is 1. The Morgan fingerprint density at radius 3 is 2.40 bits per heavy atom. The normalized spacial score (nSPS) is 16.0. The van der Waals surface area contributed by atoms with Crippen LogP contribution < -0.4 is 10.6 Å². The molecule has 1 atom stereocenters. The molecule has 156 valence electrons. The Morgan fingerprint density at radius 2 is 1.77 bits per heavy atom. The van der Waals surface area contributed by atoms with Crippen molar-refractivity contribution in [2.75, 3.05) is 18.4 Å². The molecule has 0 spiro atoms. The van der Waals surface area contributed by atoms with Crippen molar-refractivity contribution in [2.45, 2.75) is 39.7 Å². The molecule has 5 heteroatoms. The van der Waals surface area contributed by atoms with E-state index in [1.807, 2.05) is 35.9 Å². The molecule has 1 unspecified atom stereocenters. The number of hydrogen-bond acceptors (Lipinski definition) is 3. The molecular weight excluding hydrogens is 372 g/mol. The summed E-state index contributed by atoms with van der Waals surface area (Å²) in [7, 11) is 0. The Hall–Kier alpha value is -2.92. The van der Waals surface area contributed by atoms with E-state index in [9.17, 15) is 4.79 Å². The average molecular weight is 403 g/mol. The number of carbonyl (C=O) groups is 1. The second-order valence-corrected chi connectivity index (χ2v) is 8.39. The summed E-state index contributed by atoms with van der Waals surface area (Å²) in [5.41, 5.74) is 6.55. The second kappa shape index (κ2) is 9.26. The van der Waals surface area contributed by atoms with Gasteiger partial charge in [0, 0.05) is 11.4 Å². The molecule has 0 aliphatic carbocycles. The third-order valence-electron chi connectivity index (χ3n) is 5.75. The van der Waals surface area contributed by atoms with Crippen LogP contribution in [0.5, 0.6) is 0 Å². The Morgan fingerprint density at radius 1 is 1.07 bits per heavy atom. The lowest BCUT2D eigenvalue weighted by Gasteiger charge is -2.10. The molecule has 3 aromatic rings. The summed E-state index contributed by atoms with van der Waals surface area (Å²) in [5, 5.41) is 10.9. The Bertz CT molecular complexity index is 983. The van der Waals surface area contributed by atoms with Crippen molar-refractivity contribution in [1.82, 2.24) is 15.1 Å². The SMILES string of the molecule is Cc1cc(C)n(Cc2ccc(NC(=O)Cc3ccc(CC4CCNC4)cc3)cc2)n1. The first-order valence-electron chi connectivity index (χ1n) is 10.7. The molecule has 1 aliphatic heterocycles. The number of benzene rings is 2. The average Bonchev–Trinajstić information content (AvgIpc) is 3.34. The number of anilines is 1. The molecule has 1 fully saturated rings. The van der Waals surface area contributed by atoms with Crippen LogP contribution in [-0.2, 0) is 24.2 Å². The molecule has 5 nitrogen and oxygen atoms in total. The lowest BCUT2D eigenvalue weighted by Crippen LogP contribution is -2.14. The van der Waals surface area contributed by atoms with Gasteiger partial charge in [0.15, 0.2) is 0 Å². The van der Waals surface area contributed by atoms with E-state index in [0.29, 0.717) is 6.42 Å². The van der Waals surface area contributed by atoms with Gasteiger partial charge in [-0.3, -0.25) is 9.48 Å². The van der Waals surface area contributed by atoms with E-state index >= 15 is 0 Å². The minimum Gasteiger partial charge on any atom is -0.326 e. The van der Waals surface area contributed by atoms with Crippen molar-refractivity contribution in [3.63, 3.8) is 0 Å². The van der Waals surface area contributed by atoms with Crippen molar-refractivity contribution >= 4 is 11.6 Å². The van der Waals surface area contributed by atoms with Crippen LogP contribution in [0.3, 0.4) is 0 Å². The highest BCUT2D eigenvalue weighted by molar-refractivity contribution is 5.92. The summed E-state index contributed by atoms with van der Waals surface area (Å²) in [4.78, 5) is 12.4. The van der Waals surface area contributed by atoms with Crippen molar-refractivity contribution in [3.05, 3.63) is 82.7 Å². The maximum Gasteiger partial charge on any atom is 0.228 e. The lowest BCUT2D eigenvalue weighted by molar-refractivity contribution is -0.115. The van der Waals surface area contributed by atoms with Crippen LogP contribution in [-0.4, -0.2) is 28.8 Å². The topological polar surface area (TPSA) is 59.0 Å². The standard InChI is InChI=1S/C25H30N4O/c1-18-13-19(2)29(28-18)17-22-7-9-24(10-8-22)27-25(30)15-21-5-3-20(4-6-21)14-23-11-12-26-16-23/h3-10,13,23,26H,11-12,14-17H2,1-2H3,(H,27,30). The first-order chi connectivity index (χ1) is 14.5. The largest absolute Gasteiger partial charge is 0.326 e. The number of nitrogens with one attached hydrogen (secondary N) is 2. The number of aromatic nitrogens is 2. The van der Waals surface area contributed by atoms with Crippen LogP contribution >= 0.6 is 0 Å². The molecular formula is C25H30N4O. The smallest absolute Gasteiger partial charge is 0.228 e. The minimum absolute atomic E-state index is 0.00837. The van der Waals surface area contributed by atoms with Gasteiger partial charge in [-0.05, 0) is 80.6 Å². The van der Waals surface area contributed by atoms with Gasteiger partial charge in [-0.2, -0.15) is 5.10 Å². The Kier molecular flexibility index (Phi) is 6.29. The zero-order valence-electron chi connectivity index (χ0n) is 17.8. The molecule has 2 aromatic carbocycles. The van der Waals surface area contributed by atoms with Gasteiger partial charge in [0.2, 0.25) is 5.91 Å². The van der Waals surface area contributed by atoms with Crippen LogP contribution in [0.4, 0.5) is 5.69 Å². The first kappa shape index (κ1) is 20.4. The van der Waals surface area contributed by atoms with Gasteiger partial charge in [-0.1, -0.05) is 36.4 Å². The maximum absolute atomic E-state index is 12.4. The zero-order valence-corrected chi connectivity index (χ0v) is 17.8. The second-order valence-electron chi connectivity index (χ2n) is 8.39. The molecule has 0 radical (unpaired) electrons. The fraction of sp³-hybridized carbons (Fsp3) is 0.360. The summed E-state index contributed by atoms with van der Waals surface area (Å²) < 4.78 is 2.00. The van der Waals surface area contributed by atoms with Gasteiger partial charge in [0.25, 0.3) is 0 Å². The van der Waals surface area contributed by atoms with Crippen LogP contribution in [0, 0.1) is 19.8 Å². The van der Waals surface area contributed by atoms with E-state index in [2.05, 4.69) is 53.0 Å². The summed E-state index contributed by atoms with van der Waals surface area (Å²) in [6, 6.07) is 18.5.